The molecule has 156 valence electrons. The van der Waals surface area contributed by atoms with Gasteiger partial charge >= 0.3 is 0 Å². The number of nitrogens with zero attached hydrogens (tertiary/aromatic N) is 3. The summed E-state index contributed by atoms with van der Waals surface area (Å²) < 4.78 is 0. The Balaban J connectivity index is 1.59. The summed E-state index contributed by atoms with van der Waals surface area (Å²) in [5.74, 6) is 0.0236. The van der Waals surface area contributed by atoms with E-state index in [0.717, 1.165) is 31.5 Å². The van der Waals surface area contributed by atoms with Crippen molar-refractivity contribution < 1.29 is 9.59 Å². The average molecular weight is 417 g/mol. The van der Waals surface area contributed by atoms with E-state index in [9.17, 15) is 9.59 Å². The molecule has 2 aliphatic rings. The fraction of sp³-hybridized carbons (Fsp3) is 0.591. The van der Waals surface area contributed by atoms with Crippen LogP contribution in [0.15, 0.2) is 24.3 Å². The van der Waals surface area contributed by atoms with Crippen LogP contribution in [0.1, 0.15) is 32.6 Å². The molecule has 6 nitrogen and oxygen atoms in total. The fourth-order valence-electron chi connectivity index (χ4n) is 4.56. The lowest BCUT2D eigenvalue weighted by Crippen LogP contribution is -2.47. The van der Waals surface area contributed by atoms with Gasteiger partial charge in [0.15, 0.2) is 0 Å². The van der Waals surface area contributed by atoms with Crippen LogP contribution in [0.25, 0.3) is 0 Å². The number of carbonyl (C=O) groups excluding carboxylic acids is 2. The molecule has 4 atom stereocenters. The lowest BCUT2D eigenvalue weighted by Gasteiger charge is -2.33. The van der Waals surface area contributed by atoms with Gasteiger partial charge in [-0.2, -0.15) is 5.26 Å². The third kappa shape index (κ3) is 5.02. The van der Waals surface area contributed by atoms with Gasteiger partial charge in [0.1, 0.15) is 5.92 Å². The van der Waals surface area contributed by atoms with E-state index in [0.29, 0.717) is 30.5 Å². The average Bonchev–Trinajstić information content (AvgIpc) is 3.15. The minimum absolute atomic E-state index is 0.0513. The Hall–Kier alpha value is -2.26. The number of likely N-dealkylation sites (N-methyl/N-ethyl adjacent to an activating group) is 1. The second-order valence-electron chi connectivity index (χ2n) is 8.19. The lowest BCUT2D eigenvalue weighted by atomic mass is 9.78. The molecule has 0 bridgehead atoms. The Kier molecular flexibility index (Phi) is 7.02. The van der Waals surface area contributed by atoms with Gasteiger partial charge in [-0.1, -0.05) is 24.9 Å². The molecule has 7 heteroatoms. The molecule has 1 N–H and O–H groups in total. The van der Waals surface area contributed by atoms with Crippen molar-refractivity contribution >= 4 is 29.1 Å². The summed E-state index contributed by atoms with van der Waals surface area (Å²) in [6.45, 7) is 3.58. The highest BCUT2D eigenvalue weighted by atomic mass is 35.5. The van der Waals surface area contributed by atoms with Crippen molar-refractivity contribution in [1.82, 2.24) is 10.2 Å². The van der Waals surface area contributed by atoms with Crippen LogP contribution in [-0.4, -0.2) is 49.4 Å². The maximum atomic E-state index is 12.9. The van der Waals surface area contributed by atoms with Crippen LogP contribution in [0.5, 0.6) is 0 Å². The molecule has 1 aliphatic carbocycles. The first-order valence-electron chi connectivity index (χ1n) is 10.4. The van der Waals surface area contributed by atoms with E-state index in [-0.39, 0.29) is 23.8 Å². The molecular formula is C22H29ClN4O2. The number of hydrogen-bond donors (Lipinski definition) is 1. The predicted molar refractivity (Wildman–Crippen MR) is 113 cm³/mol. The van der Waals surface area contributed by atoms with E-state index in [2.05, 4.69) is 11.4 Å². The summed E-state index contributed by atoms with van der Waals surface area (Å²) in [4.78, 5) is 29.1. The molecule has 2 fully saturated rings. The smallest absolute Gasteiger partial charge is 0.242 e. The zero-order valence-electron chi connectivity index (χ0n) is 17.1. The Morgan fingerprint density at radius 3 is 2.69 bits per heavy atom. The van der Waals surface area contributed by atoms with E-state index in [1.807, 2.05) is 48.0 Å². The van der Waals surface area contributed by atoms with E-state index < -0.39 is 5.92 Å². The quantitative estimate of drug-likeness (QED) is 0.773. The number of carbonyl (C=O) groups is 2. The highest BCUT2D eigenvalue weighted by molar-refractivity contribution is 6.30. The zero-order chi connectivity index (χ0) is 21.0. The largest absolute Gasteiger partial charge is 0.365 e. The van der Waals surface area contributed by atoms with Crippen LogP contribution in [0.2, 0.25) is 5.02 Å². The second kappa shape index (κ2) is 9.49. The molecule has 1 aromatic carbocycles. The predicted octanol–water partition coefficient (Wildman–Crippen LogP) is 3.07. The van der Waals surface area contributed by atoms with Gasteiger partial charge in [-0.3, -0.25) is 9.59 Å². The number of likely N-dealkylation sites (tertiary alicyclic amines) is 1. The second-order valence-corrected chi connectivity index (χ2v) is 8.63. The fourth-order valence-corrected chi connectivity index (χ4v) is 4.69. The molecule has 4 unspecified atom stereocenters. The number of anilines is 1. The van der Waals surface area contributed by atoms with Crippen LogP contribution < -0.4 is 10.2 Å². The SMILES string of the molecule is CCC(C#N)C(=O)NC1CCCC2CN(C(=O)CN(C)c3ccc(Cl)cc3)CC21. The third-order valence-corrected chi connectivity index (χ3v) is 6.55. The molecule has 1 saturated heterocycles. The number of hydrogen-bond acceptors (Lipinski definition) is 4. The van der Waals surface area contributed by atoms with Gasteiger partial charge in [0.05, 0.1) is 12.6 Å². The Bertz CT molecular complexity index is 776. The lowest BCUT2D eigenvalue weighted by molar-refractivity contribution is -0.128. The maximum Gasteiger partial charge on any atom is 0.242 e. The molecule has 1 aliphatic heterocycles. The number of amides is 2. The number of fused-ring (bicyclic) bond motifs is 1. The van der Waals surface area contributed by atoms with Gasteiger partial charge < -0.3 is 15.1 Å². The van der Waals surface area contributed by atoms with Gasteiger partial charge in [0.25, 0.3) is 0 Å². The Morgan fingerprint density at radius 1 is 1.31 bits per heavy atom. The summed E-state index contributed by atoms with van der Waals surface area (Å²) in [5, 5.41) is 12.9. The molecular weight excluding hydrogens is 388 g/mol. The molecule has 3 rings (SSSR count). The standard InChI is InChI=1S/C22H29ClN4O2/c1-3-15(11-24)22(29)25-20-6-4-5-16-12-27(13-19(16)20)21(28)14-26(2)18-9-7-17(23)8-10-18/h7-10,15-16,19-20H,3-6,12-14H2,1-2H3,(H,25,29). The molecule has 1 heterocycles. The first-order valence-corrected chi connectivity index (χ1v) is 10.7. The Morgan fingerprint density at radius 2 is 2.03 bits per heavy atom. The van der Waals surface area contributed by atoms with Crippen molar-refractivity contribution in [2.24, 2.45) is 17.8 Å². The Labute approximate surface area is 177 Å². The zero-order valence-corrected chi connectivity index (χ0v) is 17.9. The number of rotatable bonds is 6. The normalized spacial score (nSPS) is 24.3. The number of nitrogens with one attached hydrogen (secondary N) is 1. The highest BCUT2D eigenvalue weighted by Gasteiger charge is 2.42. The number of halogens is 1. The minimum atomic E-state index is -0.595. The van der Waals surface area contributed by atoms with Gasteiger partial charge in [-0.05, 0) is 49.4 Å². The van der Waals surface area contributed by atoms with Crippen molar-refractivity contribution in [1.29, 1.82) is 5.26 Å². The molecule has 0 radical (unpaired) electrons. The van der Waals surface area contributed by atoms with Crippen molar-refractivity contribution in [2.75, 3.05) is 31.6 Å². The monoisotopic (exact) mass is 416 g/mol. The van der Waals surface area contributed by atoms with Crippen LogP contribution in [0.3, 0.4) is 0 Å². The third-order valence-electron chi connectivity index (χ3n) is 6.30. The minimum Gasteiger partial charge on any atom is -0.365 e. The van der Waals surface area contributed by atoms with Crippen molar-refractivity contribution in [2.45, 2.75) is 38.6 Å². The van der Waals surface area contributed by atoms with E-state index in [1.165, 1.54) is 0 Å². The van der Waals surface area contributed by atoms with Gasteiger partial charge in [0.2, 0.25) is 11.8 Å². The first kappa shape index (κ1) is 21.4. The van der Waals surface area contributed by atoms with Crippen LogP contribution in [0.4, 0.5) is 5.69 Å². The summed E-state index contributed by atoms with van der Waals surface area (Å²) in [7, 11) is 1.90. The van der Waals surface area contributed by atoms with Crippen molar-refractivity contribution in [3.05, 3.63) is 29.3 Å². The molecule has 2 amide bonds. The van der Waals surface area contributed by atoms with Gasteiger partial charge in [0, 0.05) is 42.8 Å². The van der Waals surface area contributed by atoms with E-state index in [4.69, 9.17) is 16.9 Å². The molecule has 1 aromatic rings. The van der Waals surface area contributed by atoms with Crippen LogP contribution in [-0.2, 0) is 9.59 Å². The summed E-state index contributed by atoms with van der Waals surface area (Å²) in [5.41, 5.74) is 0.951. The highest BCUT2D eigenvalue weighted by Crippen LogP contribution is 2.36. The van der Waals surface area contributed by atoms with Gasteiger partial charge in [-0.25, -0.2) is 0 Å². The van der Waals surface area contributed by atoms with Crippen LogP contribution in [0, 0.1) is 29.1 Å². The van der Waals surface area contributed by atoms with Crippen molar-refractivity contribution in [3.8, 4) is 6.07 Å². The van der Waals surface area contributed by atoms with E-state index >= 15 is 0 Å². The molecule has 1 saturated carbocycles. The maximum absolute atomic E-state index is 12.9. The summed E-state index contributed by atoms with van der Waals surface area (Å²) in [6, 6.07) is 9.58. The van der Waals surface area contributed by atoms with Crippen molar-refractivity contribution in [3.63, 3.8) is 0 Å². The van der Waals surface area contributed by atoms with Gasteiger partial charge in [-0.15, -0.1) is 0 Å². The number of benzene rings is 1. The molecule has 29 heavy (non-hydrogen) atoms. The molecule has 0 spiro atoms. The first-order chi connectivity index (χ1) is 13.9. The van der Waals surface area contributed by atoms with Crippen LogP contribution >= 0.6 is 11.6 Å². The topological polar surface area (TPSA) is 76.4 Å². The number of nitriles is 1. The molecule has 0 aromatic heterocycles. The summed E-state index contributed by atoms with van der Waals surface area (Å²) >= 11 is 5.94. The summed E-state index contributed by atoms with van der Waals surface area (Å²) in [6.07, 6.45) is 3.57. The van der Waals surface area contributed by atoms with E-state index in [1.54, 1.807) is 0 Å².